The van der Waals surface area contributed by atoms with E-state index in [2.05, 4.69) is 32.7 Å². The van der Waals surface area contributed by atoms with Crippen molar-refractivity contribution in [2.75, 3.05) is 38.5 Å². The van der Waals surface area contributed by atoms with E-state index >= 15 is 0 Å². The predicted molar refractivity (Wildman–Crippen MR) is 145 cm³/mol. The molecule has 0 radical (unpaired) electrons. The third kappa shape index (κ3) is 4.18. The second kappa shape index (κ2) is 9.43. The maximum Gasteiger partial charge on any atom is 0.272 e. The Labute approximate surface area is 220 Å². The van der Waals surface area contributed by atoms with E-state index in [0.29, 0.717) is 60.4 Å². The van der Waals surface area contributed by atoms with Gasteiger partial charge in [-0.1, -0.05) is 0 Å². The highest BCUT2D eigenvalue weighted by molar-refractivity contribution is 6.10. The first-order valence-electron chi connectivity index (χ1n) is 13.4. The van der Waals surface area contributed by atoms with Crippen molar-refractivity contribution in [3.05, 3.63) is 29.8 Å². The fourth-order valence-electron chi connectivity index (χ4n) is 5.18. The lowest BCUT2D eigenvalue weighted by atomic mass is 10.2. The molecule has 38 heavy (non-hydrogen) atoms. The lowest BCUT2D eigenvalue weighted by Crippen LogP contribution is -2.47. The number of carbonyl (C=O) groups excluding carboxylic acids is 2. The van der Waals surface area contributed by atoms with E-state index in [4.69, 9.17) is 4.98 Å². The van der Waals surface area contributed by atoms with Gasteiger partial charge in [-0.05, 0) is 39.8 Å². The van der Waals surface area contributed by atoms with Crippen LogP contribution in [0.5, 0.6) is 0 Å². The molecule has 0 spiro atoms. The number of hydrogen-bond acceptors (Lipinski definition) is 7. The van der Waals surface area contributed by atoms with Crippen LogP contribution >= 0.6 is 0 Å². The van der Waals surface area contributed by atoms with Crippen molar-refractivity contribution in [3.63, 3.8) is 0 Å². The van der Waals surface area contributed by atoms with Crippen molar-refractivity contribution in [3.8, 4) is 0 Å². The van der Waals surface area contributed by atoms with Gasteiger partial charge < -0.3 is 29.6 Å². The van der Waals surface area contributed by atoms with Gasteiger partial charge in [0.15, 0.2) is 11.6 Å². The van der Waals surface area contributed by atoms with Crippen LogP contribution in [0.3, 0.4) is 0 Å². The second-order valence-electron chi connectivity index (χ2n) is 10.2. The van der Waals surface area contributed by atoms with E-state index < -0.39 is 0 Å². The van der Waals surface area contributed by atoms with Gasteiger partial charge in [-0.25, -0.2) is 9.97 Å². The molecule has 1 saturated heterocycles. The minimum Gasteiger partial charge on any atom is -0.348 e. The van der Waals surface area contributed by atoms with Gasteiger partial charge in [-0.3, -0.25) is 14.3 Å². The highest BCUT2D eigenvalue weighted by Crippen LogP contribution is 2.32. The summed E-state index contributed by atoms with van der Waals surface area (Å²) in [5.41, 5.74) is 3.41. The van der Waals surface area contributed by atoms with E-state index in [1.165, 1.54) is 0 Å². The standard InChI is InChI=1S/C26H34N10O2/c1-5-35-18(25(37)28-16-7-8-16)13-17-22-21(27-15-33(22)4)23(30-24(17)35)29-20-14-19(36(6-2)31-20)26(38)34-11-9-32(3)10-12-34/h13-16H,5-12H2,1-4H3,(H,28,37)(H,29,30,31). The van der Waals surface area contributed by atoms with Crippen LogP contribution in [0.4, 0.5) is 11.6 Å². The number of carbonyl (C=O) groups is 2. The normalized spacial score (nSPS) is 16.5. The molecule has 6 rings (SSSR count). The molecular weight excluding hydrogens is 484 g/mol. The lowest BCUT2D eigenvalue weighted by Gasteiger charge is -2.32. The Morgan fingerprint density at radius 3 is 2.47 bits per heavy atom. The van der Waals surface area contributed by atoms with Crippen molar-refractivity contribution in [2.45, 2.75) is 45.8 Å². The van der Waals surface area contributed by atoms with E-state index in [1.54, 1.807) is 17.1 Å². The Hall–Kier alpha value is -3.93. The maximum atomic E-state index is 13.3. The molecular formula is C26H34N10O2. The van der Waals surface area contributed by atoms with E-state index in [1.807, 2.05) is 41.0 Å². The second-order valence-corrected chi connectivity index (χ2v) is 10.2. The van der Waals surface area contributed by atoms with Crippen LogP contribution in [0.25, 0.3) is 22.1 Å². The van der Waals surface area contributed by atoms with Gasteiger partial charge in [0.2, 0.25) is 0 Å². The Balaban J connectivity index is 1.38. The van der Waals surface area contributed by atoms with Crippen molar-refractivity contribution in [1.29, 1.82) is 0 Å². The molecule has 0 unspecified atom stereocenters. The summed E-state index contributed by atoms with van der Waals surface area (Å²) < 4.78 is 5.61. The number of likely N-dealkylation sites (N-methyl/N-ethyl adjacent to an activating group) is 1. The topological polar surface area (TPSA) is 118 Å². The van der Waals surface area contributed by atoms with Crippen LogP contribution in [0.2, 0.25) is 0 Å². The third-order valence-electron chi connectivity index (χ3n) is 7.50. The van der Waals surface area contributed by atoms with Crippen molar-refractivity contribution < 1.29 is 9.59 Å². The van der Waals surface area contributed by atoms with Gasteiger partial charge in [-0.15, -0.1) is 0 Å². The summed E-state index contributed by atoms with van der Waals surface area (Å²) in [5, 5.41) is 12.0. The average Bonchev–Trinajstić information content (AvgIpc) is 3.32. The van der Waals surface area contributed by atoms with Crippen LogP contribution in [0, 0.1) is 0 Å². The number of hydrogen-bond donors (Lipinski definition) is 2. The lowest BCUT2D eigenvalue weighted by molar-refractivity contribution is 0.0651. The van der Waals surface area contributed by atoms with Crippen LogP contribution in [-0.4, -0.2) is 89.8 Å². The average molecular weight is 519 g/mol. The number of aromatic nitrogens is 6. The minimum absolute atomic E-state index is 0.0157. The van der Waals surface area contributed by atoms with Crippen molar-refractivity contribution >= 4 is 45.5 Å². The van der Waals surface area contributed by atoms with Crippen molar-refractivity contribution in [2.24, 2.45) is 7.05 Å². The zero-order chi connectivity index (χ0) is 26.6. The zero-order valence-corrected chi connectivity index (χ0v) is 22.4. The molecule has 2 N–H and O–H groups in total. The van der Waals surface area contributed by atoms with Gasteiger partial charge in [0.1, 0.15) is 22.6 Å². The molecule has 2 amide bonds. The first-order chi connectivity index (χ1) is 18.4. The smallest absolute Gasteiger partial charge is 0.272 e. The highest BCUT2D eigenvalue weighted by atomic mass is 16.2. The molecule has 1 aliphatic heterocycles. The molecule has 2 fully saturated rings. The molecule has 12 nitrogen and oxygen atoms in total. The highest BCUT2D eigenvalue weighted by Gasteiger charge is 2.28. The first-order valence-corrected chi connectivity index (χ1v) is 13.4. The number of piperazine rings is 1. The minimum atomic E-state index is -0.0778. The molecule has 12 heteroatoms. The third-order valence-corrected chi connectivity index (χ3v) is 7.50. The van der Waals surface area contributed by atoms with Crippen molar-refractivity contribution in [1.82, 2.24) is 44.0 Å². The number of amides is 2. The number of nitrogens with one attached hydrogen (secondary N) is 2. The molecule has 1 saturated carbocycles. The Morgan fingerprint density at radius 1 is 1.03 bits per heavy atom. The summed E-state index contributed by atoms with van der Waals surface area (Å²) in [6.07, 6.45) is 3.80. The van der Waals surface area contributed by atoms with Crippen LogP contribution in [0.15, 0.2) is 18.5 Å². The molecule has 2 aliphatic rings. The first kappa shape index (κ1) is 24.4. The summed E-state index contributed by atoms with van der Waals surface area (Å²) in [6, 6.07) is 3.97. The van der Waals surface area contributed by atoms with Gasteiger partial charge in [0.05, 0.1) is 11.8 Å². The van der Waals surface area contributed by atoms with E-state index in [9.17, 15) is 9.59 Å². The molecule has 4 aromatic heterocycles. The summed E-state index contributed by atoms with van der Waals surface area (Å²) in [7, 11) is 4.00. The van der Waals surface area contributed by atoms with Gasteiger partial charge in [0.25, 0.3) is 11.8 Å². The molecule has 5 heterocycles. The molecule has 4 aromatic rings. The number of rotatable bonds is 7. The fraction of sp³-hybridized carbons (Fsp3) is 0.500. The summed E-state index contributed by atoms with van der Waals surface area (Å²) >= 11 is 0. The summed E-state index contributed by atoms with van der Waals surface area (Å²) in [4.78, 5) is 40.0. The zero-order valence-electron chi connectivity index (χ0n) is 22.4. The number of anilines is 2. The van der Waals surface area contributed by atoms with E-state index in [0.717, 1.165) is 36.8 Å². The van der Waals surface area contributed by atoms with Gasteiger partial charge in [-0.2, -0.15) is 5.10 Å². The Morgan fingerprint density at radius 2 is 1.79 bits per heavy atom. The molecule has 0 atom stereocenters. The number of fused-ring (bicyclic) bond motifs is 3. The Kier molecular flexibility index (Phi) is 6.05. The monoisotopic (exact) mass is 518 g/mol. The quantitative estimate of drug-likeness (QED) is 0.385. The number of aryl methyl sites for hydroxylation is 3. The van der Waals surface area contributed by atoms with Crippen LogP contribution < -0.4 is 10.6 Å². The fourth-order valence-corrected chi connectivity index (χ4v) is 5.18. The van der Waals surface area contributed by atoms with Gasteiger partial charge in [0, 0.05) is 63.8 Å². The molecule has 0 aromatic carbocycles. The summed E-state index contributed by atoms with van der Waals surface area (Å²) in [6.45, 7) is 8.26. The molecule has 200 valence electrons. The van der Waals surface area contributed by atoms with E-state index in [-0.39, 0.29) is 17.9 Å². The number of pyridine rings is 1. The van der Waals surface area contributed by atoms with Crippen LogP contribution in [0.1, 0.15) is 47.7 Å². The molecule has 0 bridgehead atoms. The summed E-state index contributed by atoms with van der Waals surface area (Å²) in [5.74, 6) is 0.975. The Bertz CT molecular complexity index is 1530. The maximum absolute atomic E-state index is 13.3. The molecule has 1 aliphatic carbocycles. The largest absolute Gasteiger partial charge is 0.348 e. The number of imidazole rings is 1. The van der Waals surface area contributed by atoms with Crippen LogP contribution in [-0.2, 0) is 20.1 Å². The predicted octanol–water partition coefficient (Wildman–Crippen LogP) is 2.18. The SMILES string of the molecule is CCn1nc(Nc2nc3c(cc(C(=O)NC4CC4)n3CC)c3c2ncn3C)cc1C(=O)N1CCN(C)CC1. The number of nitrogens with zero attached hydrogens (tertiary/aromatic N) is 8. The van der Waals surface area contributed by atoms with Gasteiger partial charge >= 0.3 is 0 Å².